The molecular formula is C16H28BrN3. The highest BCUT2D eigenvalue weighted by Gasteiger charge is 2.29. The first-order valence-corrected chi connectivity index (χ1v) is 8.79. The highest BCUT2D eigenvalue weighted by atomic mass is 79.9. The Labute approximate surface area is 131 Å². The maximum absolute atomic E-state index is 4.63. The van der Waals surface area contributed by atoms with Crippen LogP contribution in [0.15, 0.2) is 4.47 Å². The third kappa shape index (κ3) is 3.45. The molecule has 1 aliphatic carbocycles. The first-order chi connectivity index (χ1) is 9.56. The number of aryl methyl sites for hydroxylation is 2. The van der Waals surface area contributed by atoms with Crippen molar-refractivity contribution in [3.63, 3.8) is 0 Å². The molecule has 1 saturated carbocycles. The lowest BCUT2D eigenvalue weighted by molar-refractivity contribution is 0.211. The Kier molecular flexibility index (Phi) is 5.67. The quantitative estimate of drug-likeness (QED) is 0.884. The van der Waals surface area contributed by atoms with Gasteiger partial charge in [-0.1, -0.05) is 20.8 Å². The molecule has 1 aliphatic rings. The molecule has 3 unspecified atom stereocenters. The van der Waals surface area contributed by atoms with Gasteiger partial charge in [-0.2, -0.15) is 5.10 Å². The second-order valence-electron chi connectivity index (χ2n) is 6.23. The number of halogens is 1. The van der Waals surface area contributed by atoms with Gasteiger partial charge in [-0.25, -0.2) is 0 Å². The van der Waals surface area contributed by atoms with Crippen LogP contribution in [-0.4, -0.2) is 22.4 Å². The van der Waals surface area contributed by atoms with E-state index in [1.165, 1.54) is 35.1 Å². The van der Waals surface area contributed by atoms with Crippen LogP contribution in [0.3, 0.4) is 0 Å². The molecule has 1 aromatic rings. The lowest BCUT2D eigenvalue weighted by atomic mass is 9.76. The zero-order valence-electron chi connectivity index (χ0n) is 13.2. The molecule has 0 saturated heterocycles. The average Bonchev–Trinajstić information content (AvgIpc) is 2.69. The lowest BCUT2D eigenvalue weighted by Gasteiger charge is -2.35. The van der Waals surface area contributed by atoms with Gasteiger partial charge in [0.1, 0.15) is 0 Å². The summed E-state index contributed by atoms with van der Waals surface area (Å²) in [6, 6.07) is 0.670. The van der Waals surface area contributed by atoms with Crippen LogP contribution in [0.4, 0.5) is 0 Å². The van der Waals surface area contributed by atoms with E-state index in [-0.39, 0.29) is 0 Å². The molecule has 0 bridgehead atoms. The Bertz CT molecular complexity index is 441. The third-order valence-corrected chi connectivity index (χ3v) is 5.58. The minimum absolute atomic E-state index is 0.670. The van der Waals surface area contributed by atoms with Gasteiger partial charge in [0.15, 0.2) is 0 Å². The van der Waals surface area contributed by atoms with Gasteiger partial charge in [-0.15, -0.1) is 0 Å². The van der Waals surface area contributed by atoms with Crippen LogP contribution in [0.1, 0.15) is 51.4 Å². The fourth-order valence-corrected chi connectivity index (χ4v) is 4.32. The second kappa shape index (κ2) is 7.08. The predicted molar refractivity (Wildman–Crippen MR) is 88.0 cm³/mol. The standard InChI is InChI=1S/C16H28BrN3/c1-5-13-16(17)15(20(4)19-13)10-12-9-11(3)7-8-14(12)18-6-2/h11-12,14,18H,5-10H2,1-4H3. The SMILES string of the molecule is CCNC1CCC(C)CC1Cc1c(Br)c(CC)nn1C. The van der Waals surface area contributed by atoms with E-state index in [0.29, 0.717) is 6.04 Å². The number of aromatic nitrogens is 2. The van der Waals surface area contributed by atoms with Crippen LogP contribution in [0.2, 0.25) is 0 Å². The summed E-state index contributed by atoms with van der Waals surface area (Å²) in [7, 11) is 2.08. The first kappa shape index (κ1) is 16.0. The maximum Gasteiger partial charge on any atom is 0.0766 e. The molecule has 4 heteroatoms. The van der Waals surface area contributed by atoms with Crippen molar-refractivity contribution in [3.8, 4) is 0 Å². The molecule has 0 aliphatic heterocycles. The smallest absolute Gasteiger partial charge is 0.0766 e. The molecule has 1 fully saturated rings. The van der Waals surface area contributed by atoms with Crippen molar-refractivity contribution in [2.45, 2.75) is 58.9 Å². The number of nitrogens with one attached hydrogen (secondary N) is 1. The first-order valence-electron chi connectivity index (χ1n) is 8.00. The van der Waals surface area contributed by atoms with E-state index >= 15 is 0 Å². The van der Waals surface area contributed by atoms with Gasteiger partial charge in [0, 0.05) is 13.1 Å². The van der Waals surface area contributed by atoms with Gasteiger partial charge >= 0.3 is 0 Å². The Morgan fingerprint density at radius 3 is 2.70 bits per heavy atom. The highest BCUT2D eigenvalue weighted by Crippen LogP contribution is 2.33. The Hall–Kier alpha value is -0.350. The summed E-state index contributed by atoms with van der Waals surface area (Å²) < 4.78 is 3.31. The lowest BCUT2D eigenvalue weighted by Crippen LogP contribution is -2.41. The molecule has 114 valence electrons. The molecule has 3 nitrogen and oxygen atoms in total. The van der Waals surface area contributed by atoms with Crippen molar-refractivity contribution in [1.29, 1.82) is 0 Å². The van der Waals surface area contributed by atoms with E-state index in [1.54, 1.807) is 0 Å². The van der Waals surface area contributed by atoms with Crippen LogP contribution in [0.5, 0.6) is 0 Å². The van der Waals surface area contributed by atoms with Crippen molar-refractivity contribution in [2.24, 2.45) is 18.9 Å². The molecule has 3 atom stereocenters. The minimum atomic E-state index is 0.670. The summed E-state index contributed by atoms with van der Waals surface area (Å²) in [5, 5.41) is 8.32. The minimum Gasteiger partial charge on any atom is -0.314 e. The molecule has 1 aromatic heterocycles. The fourth-order valence-electron chi connectivity index (χ4n) is 3.55. The van der Waals surface area contributed by atoms with E-state index in [4.69, 9.17) is 0 Å². The molecule has 1 N–H and O–H groups in total. The van der Waals surface area contributed by atoms with Gasteiger partial charge in [0.05, 0.1) is 15.9 Å². The average molecular weight is 342 g/mol. The topological polar surface area (TPSA) is 29.9 Å². The van der Waals surface area contributed by atoms with Crippen LogP contribution in [-0.2, 0) is 19.9 Å². The van der Waals surface area contributed by atoms with Crippen molar-refractivity contribution in [3.05, 3.63) is 15.9 Å². The molecule has 20 heavy (non-hydrogen) atoms. The van der Waals surface area contributed by atoms with Gasteiger partial charge in [0.2, 0.25) is 0 Å². The van der Waals surface area contributed by atoms with E-state index in [9.17, 15) is 0 Å². The molecule has 0 amide bonds. The van der Waals surface area contributed by atoms with E-state index in [0.717, 1.165) is 31.2 Å². The highest BCUT2D eigenvalue weighted by molar-refractivity contribution is 9.10. The zero-order valence-corrected chi connectivity index (χ0v) is 14.8. The largest absolute Gasteiger partial charge is 0.314 e. The number of hydrogen-bond acceptors (Lipinski definition) is 2. The predicted octanol–water partition coefficient (Wildman–Crippen LogP) is 3.70. The molecule has 0 radical (unpaired) electrons. The maximum atomic E-state index is 4.63. The van der Waals surface area contributed by atoms with Crippen molar-refractivity contribution in [2.75, 3.05) is 6.54 Å². The van der Waals surface area contributed by atoms with Crippen LogP contribution in [0.25, 0.3) is 0 Å². The number of nitrogens with zero attached hydrogens (tertiary/aromatic N) is 2. The second-order valence-corrected chi connectivity index (χ2v) is 7.02. The molecule has 0 aromatic carbocycles. The van der Waals surface area contributed by atoms with Crippen molar-refractivity contribution < 1.29 is 0 Å². The third-order valence-electron chi connectivity index (χ3n) is 4.67. The monoisotopic (exact) mass is 341 g/mol. The summed E-state index contributed by atoms with van der Waals surface area (Å²) >= 11 is 3.76. The number of rotatable bonds is 5. The number of hydrogen-bond donors (Lipinski definition) is 1. The van der Waals surface area contributed by atoms with E-state index in [2.05, 4.69) is 58.8 Å². The van der Waals surface area contributed by atoms with Gasteiger partial charge < -0.3 is 5.32 Å². The van der Waals surface area contributed by atoms with E-state index in [1.807, 2.05) is 0 Å². The van der Waals surface area contributed by atoms with Gasteiger partial charge in [-0.05, 0) is 66.4 Å². The molecule has 2 rings (SSSR count). The van der Waals surface area contributed by atoms with Gasteiger partial charge in [0.25, 0.3) is 0 Å². The Morgan fingerprint density at radius 2 is 2.10 bits per heavy atom. The van der Waals surface area contributed by atoms with Crippen LogP contribution in [0, 0.1) is 11.8 Å². The summed E-state index contributed by atoms with van der Waals surface area (Å²) in [6.07, 6.45) is 6.13. The van der Waals surface area contributed by atoms with Crippen LogP contribution >= 0.6 is 15.9 Å². The molecule has 1 heterocycles. The van der Waals surface area contributed by atoms with Gasteiger partial charge in [-0.3, -0.25) is 4.68 Å². The van der Waals surface area contributed by atoms with Crippen LogP contribution < -0.4 is 5.32 Å². The molecule has 0 spiro atoms. The summed E-state index contributed by atoms with van der Waals surface area (Å²) in [6.45, 7) is 7.85. The summed E-state index contributed by atoms with van der Waals surface area (Å²) in [5.41, 5.74) is 2.55. The van der Waals surface area contributed by atoms with Crippen molar-refractivity contribution in [1.82, 2.24) is 15.1 Å². The zero-order chi connectivity index (χ0) is 14.7. The molecular weight excluding hydrogens is 314 g/mol. The van der Waals surface area contributed by atoms with E-state index < -0.39 is 0 Å². The Morgan fingerprint density at radius 1 is 1.35 bits per heavy atom. The normalized spacial score (nSPS) is 26.9. The fraction of sp³-hybridized carbons (Fsp3) is 0.812. The Balaban J connectivity index is 2.15. The van der Waals surface area contributed by atoms with Crippen molar-refractivity contribution >= 4 is 15.9 Å². The summed E-state index contributed by atoms with van der Waals surface area (Å²) in [5.74, 6) is 1.59. The summed E-state index contributed by atoms with van der Waals surface area (Å²) in [4.78, 5) is 0.